The van der Waals surface area contributed by atoms with Gasteiger partial charge in [-0.3, -0.25) is 0 Å². The molecule has 1 aliphatic heterocycles. The Kier molecular flexibility index (Phi) is 6.15. The Morgan fingerprint density at radius 2 is 2.03 bits per heavy atom. The number of fused-ring (bicyclic) bond motifs is 1. The van der Waals surface area contributed by atoms with Crippen molar-refractivity contribution < 1.29 is 18.4 Å². The molecule has 0 atom stereocenters. The van der Waals surface area contributed by atoms with Crippen molar-refractivity contribution in [2.75, 3.05) is 33.4 Å². The van der Waals surface area contributed by atoms with Crippen molar-refractivity contribution >= 4 is 10.9 Å². The van der Waals surface area contributed by atoms with Crippen LogP contribution in [0, 0.1) is 17.1 Å². The van der Waals surface area contributed by atoms with Crippen LogP contribution in [0.4, 0.5) is 4.39 Å². The normalized spacial score (nSPS) is 15.2. The number of halogens is 1. The first-order valence-corrected chi connectivity index (χ1v) is 10.2. The molecule has 1 aromatic heterocycles. The van der Waals surface area contributed by atoms with Crippen molar-refractivity contribution in [1.29, 1.82) is 5.26 Å². The number of benzene rings is 2. The lowest BCUT2D eigenvalue weighted by atomic mass is 9.92. The quantitative estimate of drug-likeness (QED) is 0.535. The molecule has 0 saturated carbocycles. The Morgan fingerprint density at radius 1 is 1.20 bits per heavy atom. The minimum atomic E-state index is -0.294. The molecule has 0 aliphatic carbocycles. The predicted octanol–water partition coefficient (Wildman–Crippen LogP) is 4.50. The molecule has 0 amide bonds. The molecule has 2 heterocycles. The van der Waals surface area contributed by atoms with Crippen LogP contribution in [0.2, 0.25) is 0 Å². The summed E-state index contributed by atoms with van der Waals surface area (Å²) in [7, 11) is 1.57. The molecule has 1 saturated heterocycles. The Labute approximate surface area is 174 Å². The van der Waals surface area contributed by atoms with Gasteiger partial charge in [0.2, 0.25) is 0 Å². The molecule has 4 rings (SSSR count). The van der Waals surface area contributed by atoms with Crippen molar-refractivity contribution in [2.45, 2.75) is 25.2 Å². The van der Waals surface area contributed by atoms with Gasteiger partial charge in [-0.05, 0) is 56.6 Å². The molecule has 7 heteroatoms. The van der Waals surface area contributed by atoms with E-state index in [1.54, 1.807) is 31.4 Å². The lowest BCUT2D eigenvalue weighted by Crippen LogP contribution is -2.34. The number of methoxy groups -OCH3 is 1. The fraction of sp³-hybridized carbons (Fsp3) is 0.391. The molecule has 0 spiro atoms. The maximum atomic E-state index is 13.4. The number of aromatic nitrogens is 1. The van der Waals surface area contributed by atoms with Crippen LogP contribution in [0.5, 0.6) is 11.5 Å². The first kappa shape index (κ1) is 20.2. The summed E-state index contributed by atoms with van der Waals surface area (Å²) in [6.07, 6.45) is 2.89. The third-order valence-electron chi connectivity index (χ3n) is 5.59. The van der Waals surface area contributed by atoms with Gasteiger partial charge in [0.25, 0.3) is 0 Å². The van der Waals surface area contributed by atoms with Crippen LogP contribution < -0.4 is 9.47 Å². The number of nitriles is 1. The van der Waals surface area contributed by atoms with Crippen LogP contribution in [-0.4, -0.2) is 43.4 Å². The first-order chi connectivity index (χ1) is 14.7. The number of ether oxygens (including phenoxy) is 2. The summed E-state index contributed by atoms with van der Waals surface area (Å²) >= 11 is 0. The van der Waals surface area contributed by atoms with E-state index in [1.807, 2.05) is 0 Å². The van der Waals surface area contributed by atoms with Gasteiger partial charge in [-0.1, -0.05) is 5.16 Å². The summed E-state index contributed by atoms with van der Waals surface area (Å²) in [4.78, 5) is 2.42. The monoisotopic (exact) mass is 409 g/mol. The predicted molar refractivity (Wildman–Crippen MR) is 110 cm³/mol. The van der Waals surface area contributed by atoms with E-state index < -0.39 is 0 Å². The van der Waals surface area contributed by atoms with Crippen LogP contribution in [-0.2, 0) is 0 Å². The highest BCUT2D eigenvalue weighted by atomic mass is 19.1. The van der Waals surface area contributed by atoms with Crippen LogP contribution >= 0.6 is 0 Å². The second kappa shape index (κ2) is 9.14. The van der Waals surface area contributed by atoms with E-state index in [0.29, 0.717) is 35.1 Å². The Hall–Kier alpha value is -3.11. The summed E-state index contributed by atoms with van der Waals surface area (Å²) < 4.78 is 30.0. The second-order valence-electron chi connectivity index (χ2n) is 7.50. The molecule has 1 aliphatic rings. The number of hydrogen-bond acceptors (Lipinski definition) is 6. The molecule has 0 bridgehead atoms. The van der Waals surface area contributed by atoms with Crippen molar-refractivity contribution in [1.82, 2.24) is 10.1 Å². The summed E-state index contributed by atoms with van der Waals surface area (Å²) in [5, 5.41) is 13.9. The standard InChI is InChI=1S/C23H24FN3O3/c1-28-22-13-16(15-25)3-6-21(22)29-12-2-9-27-10-7-17(8-11-27)23-19-5-4-18(24)14-20(19)26-30-23/h3-6,13-14,17H,2,7-12H2,1H3. The van der Waals surface area contributed by atoms with Crippen LogP contribution in [0.25, 0.3) is 10.9 Å². The van der Waals surface area contributed by atoms with E-state index >= 15 is 0 Å². The molecule has 2 aromatic carbocycles. The number of hydrogen-bond donors (Lipinski definition) is 0. The highest BCUT2D eigenvalue weighted by Gasteiger charge is 2.25. The number of nitrogens with zero attached hydrogens (tertiary/aromatic N) is 3. The zero-order valence-corrected chi connectivity index (χ0v) is 16.9. The van der Waals surface area contributed by atoms with Crippen LogP contribution in [0.1, 0.15) is 36.5 Å². The average molecular weight is 409 g/mol. The summed E-state index contributed by atoms with van der Waals surface area (Å²) in [6, 6.07) is 11.9. The first-order valence-electron chi connectivity index (χ1n) is 10.2. The zero-order chi connectivity index (χ0) is 20.9. The van der Waals surface area contributed by atoms with Gasteiger partial charge in [0, 0.05) is 30.0 Å². The van der Waals surface area contributed by atoms with Gasteiger partial charge >= 0.3 is 0 Å². The summed E-state index contributed by atoms with van der Waals surface area (Å²) in [5.41, 5.74) is 1.13. The molecule has 30 heavy (non-hydrogen) atoms. The third-order valence-corrected chi connectivity index (χ3v) is 5.59. The fourth-order valence-corrected chi connectivity index (χ4v) is 3.98. The number of piperidine rings is 1. The highest BCUT2D eigenvalue weighted by molar-refractivity contribution is 5.80. The lowest BCUT2D eigenvalue weighted by Gasteiger charge is -2.30. The van der Waals surface area contributed by atoms with Crippen LogP contribution in [0.3, 0.4) is 0 Å². The minimum Gasteiger partial charge on any atom is -0.493 e. The van der Waals surface area contributed by atoms with Crippen molar-refractivity contribution in [3.63, 3.8) is 0 Å². The maximum Gasteiger partial charge on any atom is 0.162 e. The lowest BCUT2D eigenvalue weighted by molar-refractivity contribution is 0.181. The van der Waals surface area contributed by atoms with E-state index in [-0.39, 0.29) is 5.82 Å². The summed E-state index contributed by atoms with van der Waals surface area (Å²) in [5.74, 6) is 2.13. The maximum absolute atomic E-state index is 13.4. The third kappa shape index (κ3) is 4.39. The summed E-state index contributed by atoms with van der Waals surface area (Å²) in [6.45, 7) is 3.50. The molecule has 6 nitrogen and oxygen atoms in total. The van der Waals surface area contributed by atoms with Crippen molar-refractivity contribution in [2.24, 2.45) is 0 Å². The Bertz CT molecular complexity index is 1050. The van der Waals surface area contributed by atoms with Crippen LogP contribution in [0.15, 0.2) is 40.9 Å². The number of rotatable bonds is 7. The van der Waals surface area contributed by atoms with E-state index in [2.05, 4.69) is 16.1 Å². The van der Waals surface area contributed by atoms with Gasteiger partial charge < -0.3 is 18.9 Å². The second-order valence-corrected chi connectivity index (χ2v) is 7.50. The van der Waals surface area contributed by atoms with E-state index in [9.17, 15) is 4.39 Å². The molecular weight excluding hydrogens is 385 g/mol. The SMILES string of the molecule is COc1cc(C#N)ccc1OCCCN1CCC(c2onc3cc(F)ccc23)CC1. The Morgan fingerprint density at radius 3 is 2.80 bits per heavy atom. The van der Waals surface area contributed by atoms with Crippen molar-refractivity contribution in [3.05, 3.63) is 53.5 Å². The van der Waals surface area contributed by atoms with Gasteiger partial charge in [-0.25, -0.2) is 4.39 Å². The van der Waals surface area contributed by atoms with Gasteiger partial charge in [0.15, 0.2) is 11.5 Å². The molecular formula is C23H24FN3O3. The van der Waals surface area contributed by atoms with Gasteiger partial charge in [0.05, 0.1) is 25.3 Å². The molecule has 0 radical (unpaired) electrons. The topological polar surface area (TPSA) is 71.5 Å². The molecule has 3 aromatic rings. The number of likely N-dealkylation sites (tertiary alicyclic amines) is 1. The minimum absolute atomic E-state index is 0.294. The zero-order valence-electron chi connectivity index (χ0n) is 16.9. The fourth-order valence-electron chi connectivity index (χ4n) is 3.98. The highest BCUT2D eigenvalue weighted by Crippen LogP contribution is 2.33. The average Bonchev–Trinajstić information content (AvgIpc) is 3.20. The molecule has 0 N–H and O–H groups in total. The Balaban J connectivity index is 1.24. The largest absolute Gasteiger partial charge is 0.493 e. The van der Waals surface area contributed by atoms with E-state index in [4.69, 9.17) is 19.3 Å². The van der Waals surface area contributed by atoms with E-state index in [0.717, 1.165) is 50.0 Å². The van der Waals surface area contributed by atoms with E-state index in [1.165, 1.54) is 12.1 Å². The smallest absolute Gasteiger partial charge is 0.162 e. The van der Waals surface area contributed by atoms with Gasteiger partial charge in [-0.2, -0.15) is 5.26 Å². The van der Waals surface area contributed by atoms with Crippen molar-refractivity contribution in [3.8, 4) is 17.6 Å². The van der Waals surface area contributed by atoms with Gasteiger partial charge in [-0.15, -0.1) is 0 Å². The molecule has 156 valence electrons. The van der Waals surface area contributed by atoms with Gasteiger partial charge in [0.1, 0.15) is 17.1 Å². The molecule has 0 unspecified atom stereocenters. The molecule has 1 fully saturated rings.